The molecule has 0 saturated carbocycles. The molecule has 0 N–H and O–H groups in total. The second kappa shape index (κ2) is 6.35. The molecule has 0 bridgehead atoms. The molecule has 0 aromatic carbocycles. The number of ether oxygens (including phenoxy) is 1. The highest BCUT2D eigenvalue weighted by Crippen LogP contribution is 2.09. The lowest BCUT2D eigenvalue weighted by Crippen LogP contribution is -2.21. The van der Waals surface area contributed by atoms with Gasteiger partial charge in [-0.2, -0.15) is 12.6 Å². The van der Waals surface area contributed by atoms with Gasteiger partial charge in [-0.15, -0.1) is 0 Å². The van der Waals surface area contributed by atoms with Gasteiger partial charge in [0.1, 0.15) is 0 Å². The van der Waals surface area contributed by atoms with Gasteiger partial charge in [0.15, 0.2) is 0 Å². The van der Waals surface area contributed by atoms with E-state index in [0.29, 0.717) is 0 Å². The van der Waals surface area contributed by atoms with Gasteiger partial charge < -0.3 is 4.74 Å². The van der Waals surface area contributed by atoms with Gasteiger partial charge >= 0.3 is 5.97 Å². The summed E-state index contributed by atoms with van der Waals surface area (Å²) >= 11 is 4.16. The average Bonchev–Trinajstić information content (AvgIpc) is 1.98. The van der Waals surface area contributed by atoms with Crippen LogP contribution in [0.15, 0.2) is 0 Å². The molecule has 0 aliphatic rings. The Morgan fingerprint density at radius 3 is 2.50 bits per heavy atom. The van der Waals surface area contributed by atoms with E-state index in [0.717, 1.165) is 19.3 Å². The summed E-state index contributed by atoms with van der Waals surface area (Å²) in [5, 5.41) is -0.243. The fourth-order valence-corrected chi connectivity index (χ4v) is 1.07. The van der Waals surface area contributed by atoms with Gasteiger partial charge in [0.05, 0.1) is 11.4 Å². The normalized spacial score (nSPS) is 13.1. The van der Waals surface area contributed by atoms with Crippen molar-refractivity contribution in [2.75, 3.05) is 0 Å². The molecular formula is C9H18O2S. The Bertz CT molecular complexity index is 134. The summed E-state index contributed by atoms with van der Waals surface area (Å²) in [4.78, 5) is 11.2. The van der Waals surface area contributed by atoms with Crippen LogP contribution in [-0.2, 0) is 9.53 Å². The van der Waals surface area contributed by atoms with Crippen LogP contribution >= 0.6 is 12.6 Å². The van der Waals surface area contributed by atoms with Gasteiger partial charge in [0, 0.05) is 0 Å². The summed E-state index contributed by atoms with van der Waals surface area (Å²) in [6, 6.07) is 0. The molecule has 0 saturated heterocycles. The van der Waals surface area contributed by atoms with Crippen LogP contribution in [0.3, 0.4) is 0 Å². The molecule has 0 heterocycles. The summed E-state index contributed by atoms with van der Waals surface area (Å²) < 4.78 is 4.99. The molecule has 72 valence electrons. The van der Waals surface area contributed by atoms with E-state index in [1.54, 1.807) is 0 Å². The number of carbonyl (C=O) groups excluding carboxylic acids is 1. The third-order valence-corrected chi connectivity index (χ3v) is 1.92. The molecule has 0 aromatic heterocycles. The highest BCUT2D eigenvalue weighted by molar-refractivity contribution is 7.81. The third-order valence-electron chi connectivity index (χ3n) is 1.46. The zero-order valence-electron chi connectivity index (χ0n) is 8.04. The first-order valence-electron chi connectivity index (χ1n) is 4.46. The van der Waals surface area contributed by atoms with Crippen LogP contribution in [0.1, 0.15) is 40.0 Å². The molecule has 1 unspecified atom stereocenters. The number of hydrogen-bond acceptors (Lipinski definition) is 3. The smallest absolute Gasteiger partial charge is 0.319 e. The van der Waals surface area contributed by atoms with Crippen molar-refractivity contribution in [2.24, 2.45) is 0 Å². The maximum absolute atomic E-state index is 11.2. The second-order valence-corrected chi connectivity index (χ2v) is 3.77. The number of esters is 1. The maximum atomic E-state index is 11.2. The van der Waals surface area contributed by atoms with Crippen molar-refractivity contribution in [3.05, 3.63) is 0 Å². The Kier molecular flexibility index (Phi) is 6.25. The molecule has 1 atom stereocenters. The molecule has 0 aliphatic heterocycles. The van der Waals surface area contributed by atoms with Crippen molar-refractivity contribution in [3.8, 4) is 0 Å². The molecule has 0 radical (unpaired) electrons. The maximum Gasteiger partial charge on any atom is 0.319 e. The quantitative estimate of drug-likeness (QED) is 0.532. The van der Waals surface area contributed by atoms with Crippen LogP contribution in [0.4, 0.5) is 0 Å². The SMILES string of the molecule is CCCCC(S)C(=O)OC(C)C. The molecule has 0 rings (SSSR count). The number of hydrogen-bond donors (Lipinski definition) is 1. The number of rotatable bonds is 5. The lowest BCUT2D eigenvalue weighted by Gasteiger charge is -2.12. The zero-order chi connectivity index (χ0) is 9.56. The fraction of sp³-hybridized carbons (Fsp3) is 0.889. The number of carbonyl (C=O) groups is 1. The van der Waals surface area contributed by atoms with Crippen molar-refractivity contribution in [1.82, 2.24) is 0 Å². The van der Waals surface area contributed by atoms with Crippen molar-refractivity contribution in [1.29, 1.82) is 0 Å². The van der Waals surface area contributed by atoms with Crippen LogP contribution in [0.25, 0.3) is 0 Å². The van der Waals surface area contributed by atoms with Gasteiger partial charge in [0.25, 0.3) is 0 Å². The molecule has 0 aromatic rings. The Hall–Kier alpha value is -0.180. The van der Waals surface area contributed by atoms with Crippen molar-refractivity contribution < 1.29 is 9.53 Å². The summed E-state index contributed by atoms with van der Waals surface area (Å²) in [6.45, 7) is 5.78. The molecule has 12 heavy (non-hydrogen) atoms. The second-order valence-electron chi connectivity index (χ2n) is 3.14. The molecule has 0 fully saturated rings. The van der Waals surface area contributed by atoms with Crippen LogP contribution in [0.2, 0.25) is 0 Å². The van der Waals surface area contributed by atoms with Gasteiger partial charge in [-0.05, 0) is 20.3 Å². The number of unbranched alkanes of at least 4 members (excludes halogenated alkanes) is 1. The summed E-state index contributed by atoms with van der Waals surface area (Å²) in [7, 11) is 0. The van der Waals surface area contributed by atoms with Crippen molar-refractivity contribution in [3.63, 3.8) is 0 Å². The Labute approximate surface area is 80.1 Å². The van der Waals surface area contributed by atoms with Gasteiger partial charge in [-0.3, -0.25) is 4.79 Å². The lowest BCUT2D eigenvalue weighted by molar-refractivity contribution is -0.146. The molecule has 3 heteroatoms. The Balaban J connectivity index is 3.61. The highest BCUT2D eigenvalue weighted by atomic mass is 32.1. The Morgan fingerprint density at radius 2 is 2.08 bits per heavy atom. The van der Waals surface area contributed by atoms with E-state index in [-0.39, 0.29) is 17.3 Å². The summed E-state index contributed by atoms with van der Waals surface area (Å²) in [6.07, 6.45) is 2.90. The van der Waals surface area contributed by atoms with E-state index in [1.165, 1.54) is 0 Å². The monoisotopic (exact) mass is 190 g/mol. The predicted molar refractivity (Wildman–Crippen MR) is 53.5 cm³/mol. The van der Waals surface area contributed by atoms with E-state index in [1.807, 2.05) is 13.8 Å². The van der Waals surface area contributed by atoms with Crippen molar-refractivity contribution >= 4 is 18.6 Å². The predicted octanol–water partition coefficient (Wildman–Crippen LogP) is 2.43. The molecule has 0 spiro atoms. The third kappa shape index (κ3) is 5.47. The summed E-state index contributed by atoms with van der Waals surface area (Å²) in [5.41, 5.74) is 0. The van der Waals surface area contributed by atoms with Gasteiger partial charge in [-0.1, -0.05) is 19.8 Å². The molecule has 2 nitrogen and oxygen atoms in total. The largest absolute Gasteiger partial charge is 0.462 e. The van der Waals surface area contributed by atoms with Gasteiger partial charge in [0.2, 0.25) is 0 Å². The zero-order valence-corrected chi connectivity index (χ0v) is 8.93. The minimum absolute atomic E-state index is 0.0335. The van der Waals surface area contributed by atoms with E-state index in [9.17, 15) is 4.79 Å². The minimum Gasteiger partial charge on any atom is -0.462 e. The van der Waals surface area contributed by atoms with E-state index >= 15 is 0 Å². The Morgan fingerprint density at radius 1 is 1.50 bits per heavy atom. The highest BCUT2D eigenvalue weighted by Gasteiger charge is 2.15. The minimum atomic E-state index is -0.243. The average molecular weight is 190 g/mol. The summed E-state index contributed by atoms with van der Waals surface area (Å²) in [5.74, 6) is -0.193. The van der Waals surface area contributed by atoms with E-state index in [2.05, 4.69) is 19.6 Å². The first-order chi connectivity index (χ1) is 5.57. The van der Waals surface area contributed by atoms with Crippen LogP contribution in [0.5, 0.6) is 0 Å². The van der Waals surface area contributed by atoms with Crippen molar-refractivity contribution in [2.45, 2.75) is 51.4 Å². The van der Waals surface area contributed by atoms with Crippen LogP contribution in [-0.4, -0.2) is 17.3 Å². The van der Waals surface area contributed by atoms with Gasteiger partial charge in [-0.25, -0.2) is 0 Å². The number of thiol groups is 1. The van der Waals surface area contributed by atoms with E-state index in [4.69, 9.17) is 4.74 Å². The molecular weight excluding hydrogens is 172 g/mol. The van der Waals surface area contributed by atoms with Crippen LogP contribution in [0, 0.1) is 0 Å². The topological polar surface area (TPSA) is 26.3 Å². The lowest BCUT2D eigenvalue weighted by atomic mass is 10.2. The first kappa shape index (κ1) is 11.8. The first-order valence-corrected chi connectivity index (χ1v) is 4.98. The van der Waals surface area contributed by atoms with E-state index < -0.39 is 0 Å². The fourth-order valence-electron chi connectivity index (χ4n) is 0.826. The molecule has 0 aliphatic carbocycles. The molecule has 0 amide bonds. The van der Waals surface area contributed by atoms with Crippen LogP contribution < -0.4 is 0 Å². The standard InChI is InChI=1S/C9H18O2S/c1-4-5-6-8(12)9(10)11-7(2)3/h7-8,12H,4-6H2,1-3H3.